The molecule has 0 bridgehead atoms. The molecule has 0 aliphatic carbocycles. The normalized spacial score (nSPS) is 17.6. The highest BCUT2D eigenvalue weighted by Crippen LogP contribution is 2.27. The molecule has 0 radical (unpaired) electrons. The second-order valence-electron chi connectivity index (χ2n) is 7.79. The van der Waals surface area contributed by atoms with Crippen molar-refractivity contribution in [3.05, 3.63) is 33.9 Å². The molecular formula is C19H25FN4O3. The number of anilines is 1. The standard InChI is InChI=1S/C19H25FN4O3/c1-5-27-18(26)13-10-24(19(2,3)4)16-12(15(13)25)8-14(20)17(22-16)23-7-6-11(21)9-23/h8,10-11H,5-7,9,21H2,1-4H3/t11-/m0/s1. The lowest BCUT2D eigenvalue weighted by molar-refractivity contribution is 0.0524. The maximum absolute atomic E-state index is 14.8. The summed E-state index contributed by atoms with van der Waals surface area (Å²) < 4.78 is 21.5. The fraction of sp³-hybridized carbons (Fsp3) is 0.526. The van der Waals surface area contributed by atoms with Crippen LogP contribution in [-0.4, -0.2) is 41.3 Å². The van der Waals surface area contributed by atoms with Crippen LogP contribution >= 0.6 is 0 Å². The molecule has 1 aliphatic rings. The van der Waals surface area contributed by atoms with Crippen LogP contribution in [0.15, 0.2) is 17.1 Å². The fourth-order valence-electron chi connectivity index (χ4n) is 3.28. The van der Waals surface area contributed by atoms with Crippen LogP contribution in [0, 0.1) is 5.82 Å². The van der Waals surface area contributed by atoms with Gasteiger partial charge in [-0.1, -0.05) is 0 Å². The van der Waals surface area contributed by atoms with Gasteiger partial charge in [-0.25, -0.2) is 14.2 Å². The first-order valence-electron chi connectivity index (χ1n) is 9.07. The summed E-state index contributed by atoms with van der Waals surface area (Å²) in [5.41, 5.74) is 5.06. The van der Waals surface area contributed by atoms with Gasteiger partial charge in [0, 0.05) is 30.9 Å². The van der Waals surface area contributed by atoms with Crippen molar-refractivity contribution in [2.45, 2.75) is 45.7 Å². The molecule has 27 heavy (non-hydrogen) atoms. The minimum atomic E-state index is -0.725. The summed E-state index contributed by atoms with van der Waals surface area (Å²) in [6, 6.07) is 1.13. The van der Waals surface area contributed by atoms with Gasteiger partial charge in [-0.15, -0.1) is 0 Å². The number of pyridine rings is 2. The number of carbonyl (C=O) groups excluding carboxylic acids is 1. The van der Waals surface area contributed by atoms with Crippen LogP contribution in [0.3, 0.4) is 0 Å². The number of rotatable bonds is 3. The van der Waals surface area contributed by atoms with Crippen molar-refractivity contribution in [2.75, 3.05) is 24.6 Å². The molecule has 2 N–H and O–H groups in total. The van der Waals surface area contributed by atoms with E-state index < -0.39 is 22.8 Å². The van der Waals surface area contributed by atoms with Gasteiger partial charge in [0.15, 0.2) is 11.6 Å². The van der Waals surface area contributed by atoms with E-state index in [0.29, 0.717) is 18.7 Å². The third-order valence-electron chi connectivity index (χ3n) is 4.66. The maximum Gasteiger partial charge on any atom is 0.343 e. The van der Waals surface area contributed by atoms with Gasteiger partial charge in [0.05, 0.1) is 12.0 Å². The number of aromatic nitrogens is 2. The second kappa shape index (κ2) is 6.92. The molecule has 146 valence electrons. The zero-order chi connectivity index (χ0) is 19.9. The van der Waals surface area contributed by atoms with E-state index >= 15 is 0 Å². The third-order valence-corrected chi connectivity index (χ3v) is 4.66. The molecule has 1 atom stereocenters. The average Bonchev–Trinajstić information content (AvgIpc) is 3.00. The van der Waals surface area contributed by atoms with Crippen molar-refractivity contribution in [2.24, 2.45) is 5.73 Å². The molecule has 0 aromatic carbocycles. The SMILES string of the molecule is CCOC(=O)c1cn(C(C)(C)C)c2nc(N3CC[C@H](N)C3)c(F)cc2c1=O. The van der Waals surface area contributed by atoms with Crippen molar-refractivity contribution in [1.29, 1.82) is 0 Å². The number of hydrogen-bond acceptors (Lipinski definition) is 6. The van der Waals surface area contributed by atoms with Crippen molar-refractivity contribution in [1.82, 2.24) is 9.55 Å². The smallest absolute Gasteiger partial charge is 0.343 e. The highest BCUT2D eigenvalue weighted by atomic mass is 19.1. The van der Waals surface area contributed by atoms with Crippen LogP contribution in [0.1, 0.15) is 44.5 Å². The zero-order valence-corrected chi connectivity index (χ0v) is 16.1. The summed E-state index contributed by atoms with van der Waals surface area (Å²) in [6.45, 7) is 8.68. The number of fused-ring (bicyclic) bond motifs is 1. The molecule has 7 nitrogen and oxygen atoms in total. The van der Waals surface area contributed by atoms with E-state index in [2.05, 4.69) is 4.98 Å². The molecule has 2 aromatic rings. The van der Waals surface area contributed by atoms with Gasteiger partial charge in [-0.05, 0) is 40.2 Å². The summed E-state index contributed by atoms with van der Waals surface area (Å²) in [7, 11) is 0. The van der Waals surface area contributed by atoms with E-state index in [9.17, 15) is 14.0 Å². The van der Waals surface area contributed by atoms with Crippen LogP contribution in [0.25, 0.3) is 11.0 Å². The first-order valence-corrected chi connectivity index (χ1v) is 9.07. The lowest BCUT2D eigenvalue weighted by Crippen LogP contribution is -2.31. The predicted octanol–water partition coefficient (Wildman–Crippen LogP) is 2.00. The van der Waals surface area contributed by atoms with E-state index in [1.807, 2.05) is 20.8 Å². The summed E-state index contributed by atoms with van der Waals surface area (Å²) in [5.74, 6) is -1.15. The molecule has 1 saturated heterocycles. The van der Waals surface area contributed by atoms with Gasteiger partial charge in [-0.3, -0.25) is 4.79 Å². The monoisotopic (exact) mass is 376 g/mol. The van der Waals surface area contributed by atoms with Crippen LogP contribution in [-0.2, 0) is 10.3 Å². The quantitative estimate of drug-likeness (QED) is 0.824. The van der Waals surface area contributed by atoms with Crippen molar-refractivity contribution >= 4 is 22.8 Å². The summed E-state index contributed by atoms with van der Waals surface area (Å²) in [4.78, 5) is 31.3. The predicted molar refractivity (Wildman–Crippen MR) is 102 cm³/mol. The first kappa shape index (κ1) is 19.3. The lowest BCUT2D eigenvalue weighted by Gasteiger charge is -2.27. The number of halogens is 1. The van der Waals surface area contributed by atoms with E-state index in [0.717, 1.165) is 12.5 Å². The molecule has 8 heteroatoms. The van der Waals surface area contributed by atoms with Crippen molar-refractivity contribution < 1.29 is 13.9 Å². The van der Waals surface area contributed by atoms with Gasteiger partial charge in [0.25, 0.3) is 0 Å². The third kappa shape index (κ3) is 3.53. The Morgan fingerprint density at radius 3 is 2.70 bits per heavy atom. The van der Waals surface area contributed by atoms with Gasteiger partial charge < -0.3 is 19.9 Å². The number of ether oxygens (including phenoxy) is 1. The number of nitrogens with zero attached hydrogens (tertiary/aromatic N) is 3. The summed E-state index contributed by atoms with van der Waals surface area (Å²) in [5, 5.41) is 0.0558. The Kier molecular flexibility index (Phi) is 4.94. The molecule has 3 heterocycles. The van der Waals surface area contributed by atoms with E-state index in [-0.39, 0.29) is 29.4 Å². The topological polar surface area (TPSA) is 90.5 Å². The van der Waals surface area contributed by atoms with Crippen LogP contribution in [0.2, 0.25) is 0 Å². The summed E-state index contributed by atoms with van der Waals surface area (Å²) >= 11 is 0. The van der Waals surface area contributed by atoms with E-state index in [1.54, 1.807) is 16.4 Å². The Labute approximate surface area is 156 Å². The van der Waals surface area contributed by atoms with E-state index in [1.165, 1.54) is 6.20 Å². The Morgan fingerprint density at radius 2 is 2.15 bits per heavy atom. The van der Waals surface area contributed by atoms with Gasteiger partial charge in [0.1, 0.15) is 11.2 Å². The van der Waals surface area contributed by atoms with Crippen molar-refractivity contribution in [3.63, 3.8) is 0 Å². The fourth-order valence-corrected chi connectivity index (χ4v) is 3.28. The van der Waals surface area contributed by atoms with Gasteiger partial charge in [0.2, 0.25) is 5.43 Å². The molecule has 0 spiro atoms. The van der Waals surface area contributed by atoms with E-state index in [4.69, 9.17) is 10.5 Å². The number of nitrogens with two attached hydrogens (primary N) is 1. The molecule has 2 aromatic heterocycles. The van der Waals surface area contributed by atoms with Crippen molar-refractivity contribution in [3.8, 4) is 0 Å². The Balaban J connectivity index is 2.28. The van der Waals surface area contributed by atoms with Crippen LogP contribution in [0.4, 0.5) is 10.2 Å². The molecule has 1 aliphatic heterocycles. The average molecular weight is 376 g/mol. The molecule has 0 saturated carbocycles. The molecule has 0 amide bonds. The first-order chi connectivity index (χ1) is 12.6. The molecular weight excluding hydrogens is 351 g/mol. The number of hydrogen-bond donors (Lipinski definition) is 1. The van der Waals surface area contributed by atoms with Crippen LogP contribution in [0.5, 0.6) is 0 Å². The molecule has 3 rings (SSSR count). The highest BCUT2D eigenvalue weighted by molar-refractivity contribution is 5.93. The van der Waals surface area contributed by atoms with Crippen LogP contribution < -0.4 is 16.1 Å². The Hall–Kier alpha value is -2.48. The largest absolute Gasteiger partial charge is 0.462 e. The second-order valence-corrected chi connectivity index (χ2v) is 7.79. The lowest BCUT2D eigenvalue weighted by atomic mass is 10.1. The Morgan fingerprint density at radius 1 is 1.44 bits per heavy atom. The number of carbonyl (C=O) groups is 1. The highest BCUT2D eigenvalue weighted by Gasteiger charge is 2.27. The zero-order valence-electron chi connectivity index (χ0n) is 16.1. The van der Waals surface area contributed by atoms with Gasteiger partial charge in [-0.2, -0.15) is 0 Å². The minimum Gasteiger partial charge on any atom is -0.462 e. The Bertz CT molecular complexity index is 949. The van der Waals surface area contributed by atoms with Gasteiger partial charge >= 0.3 is 5.97 Å². The molecule has 1 fully saturated rings. The summed E-state index contributed by atoms with van der Waals surface area (Å²) in [6.07, 6.45) is 2.21. The minimum absolute atomic E-state index is 0.0297. The molecule has 0 unspecified atom stereocenters. The maximum atomic E-state index is 14.8. The number of esters is 1.